The molecular formula is C19H20ClFN2O3. The molecule has 138 valence electrons. The first-order valence-corrected chi connectivity index (χ1v) is 8.53. The number of carbonyl (C=O) groups excluding carboxylic acids is 2. The van der Waals surface area contributed by atoms with E-state index >= 15 is 0 Å². The molecule has 7 heteroatoms. The summed E-state index contributed by atoms with van der Waals surface area (Å²) in [5.74, 6) is -0.390. The molecule has 2 amide bonds. The Morgan fingerprint density at radius 1 is 1.12 bits per heavy atom. The van der Waals surface area contributed by atoms with Gasteiger partial charge in [0.15, 0.2) is 6.61 Å². The van der Waals surface area contributed by atoms with Crippen LogP contribution in [0.3, 0.4) is 0 Å². The number of nitrogens with zero attached hydrogens (tertiary/aromatic N) is 1. The van der Waals surface area contributed by atoms with Crippen LogP contribution in [0, 0.1) is 5.82 Å². The molecule has 0 heterocycles. The maximum Gasteiger partial charge on any atom is 0.260 e. The Morgan fingerprint density at radius 3 is 2.38 bits per heavy atom. The smallest absolute Gasteiger partial charge is 0.260 e. The van der Waals surface area contributed by atoms with Gasteiger partial charge in [0, 0.05) is 18.1 Å². The lowest BCUT2D eigenvalue weighted by Gasteiger charge is -2.20. The zero-order valence-electron chi connectivity index (χ0n) is 14.4. The van der Waals surface area contributed by atoms with Crippen molar-refractivity contribution in [2.75, 3.05) is 19.7 Å². The number of likely N-dealkylation sites (N-methyl/N-ethyl adjacent to an activating group) is 1. The van der Waals surface area contributed by atoms with Crippen molar-refractivity contribution in [2.24, 2.45) is 0 Å². The Labute approximate surface area is 156 Å². The van der Waals surface area contributed by atoms with E-state index in [1.807, 2.05) is 0 Å². The maximum atomic E-state index is 12.9. The molecule has 0 fully saturated rings. The van der Waals surface area contributed by atoms with Gasteiger partial charge in [0.2, 0.25) is 5.91 Å². The summed E-state index contributed by atoms with van der Waals surface area (Å²) in [5, 5.41) is 3.29. The van der Waals surface area contributed by atoms with Gasteiger partial charge in [-0.25, -0.2) is 4.39 Å². The van der Waals surface area contributed by atoms with Crippen molar-refractivity contribution in [3.05, 3.63) is 64.9 Å². The van der Waals surface area contributed by atoms with Gasteiger partial charge in [-0.2, -0.15) is 0 Å². The Balaban J connectivity index is 1.78. The number of hydrogen-bond donors (Lipinski definition) is 1. The van der Waals surface area contributed by atoms with Gasteiger partial charge in [0.05, 0.1) is 6.54 Å². The van der Waals surface area contributed by atoms with Crippen LogP contribution in [0.2, 0.25) is 5.02 Å². The molecule has 0 aromatic heterocycles. The highest BCUT2D eigenvalue weighted by molar-refractivity contribution is 6.30. The normalized spacial score (nSPS) is 10.3. The van der Waals surface area contributed by atoms with E-state index in [4.69, 9.17) is 16.3 Å². The molecule has 2 aromatic carbocycles. The molecule has 0 aliphatic rings. The monoisotopic (exact) mass is 378 g/mol. The highest BCUT2D eigenvalue weighted by Gasteiger charge is 2.16. The van der Waals surface area contributed by atoms with Crippen LogP contribution in [-0.2, 0) is 16.1 Å². The summed E-state index contributed by atoms with van der Waals surface area (Å²) < 4.78 is 18.3. The summed E-state index contributed by atoms with van der Waals surface area (Å²) >= 11 is 5.79. The quantitative estimate of drug-likeness (QED) is 0.768. The van der Waals surface area contributed by atoms with Crippen LogP contribution in [0.15, 0.2) is 48.5 Å². The van der Waals surface area contributed by atoms with Crippen molar-refractivity contribution >= 4 is 23.4 Å². The zero-order valence-corrected chi connectivity index (χ0v) is 15.1. The highest BCUT2D eigenvalue weighted by Crippen LogP contribution is 2.15. The minimum absolute atomic E-state index is 0.0689. The van der Waals surface area contributed by atoms with E-state index in [0.29, 0.717) is 17.3 Å². The number of benzene rings is 2. The molecule has 26 heavy (non-hydrogen) atoms. The second kappa shape index (κ2) is 9.77. The zero-order chi connectivity index (χ0) is 18.9. The van der Waals surface area contributed by atoms with Gasteiger partial charge in [0.1, 0.15) is 11.6 Å². The predicted octanol–water partition coefficient (Wildman–Crippen LogP) is 3.02. The molecule has 1 N–H and O–H groups in total. The predicted molar refractivity (Wildman–Crippen MR) is 97.4 cm³/mol. The molecule has 2 rings (SSSR count). The summed E-state index contributed by atoms with van der Waals surface area (Å²) in [4.78, 5) is 25.6. The first kappa shape index (κ1) is 19.7. The molecule has 0 aliphatic carbocycles. The van der Waals surface area contributed by atoms with Crippen LogP contribution in [0.25, 0.3) is 0 Å². The van der Waals surface area contributed by atoms with Crippen molar-refractivity contribution in [3.63, 3.8) is 0 Å². The SMILES string of the molecule is CCN(CC(=O)NCc1ccc(F)cc1)C(=O)COc1ccc(Cl)cc1. The lowest BCUT2D eigenvalue weighted by molar-refractivity contribution is -0.137. The maximum absolute atomic E-state index is 12.9. The van der Waals surface area contributed by atoms with Crippen molar-refractivity contribution < 1.29 is 18.7 Å². The second-order valence-corrected chi connectivity index (χ2v) is 5.99. The third-order valence-electron chi connectivity index (χ3n) is 3.65. The Bertz CT molecular complexity index is 735. The van der Waals surface area contributed by atoms with Gasteiger partial charge in [0.25, 0.3) is 5.91 Å². The molecule has 2 aromatic rings. The van der Waals surface area contributed by atoms with Gasteiger partial charge in [-0.15, -0.1) is 0 Å². The highest BCUT2D eigenvalue weighted by atomic mass is 35.5. The van der Waals surface area contributed by atoms with Crippen LogP contribution in [0.5, 0.6) is 5.75 Å². The van der Waals surface area contributed by atoms with Crippen LogP contribution in [0.1, 0.15) is 12.5 Å². The van der Waals surface area contributed by atoms with Gasteiger partial charge in [-0.1, -0.05) is 23.7 Å². The second-order valence-electron chi connectivity index (χ2n) is 5.55. The Kier molecular flexibility index (Phi) is 7.41. The summed E-state index contributed by atoms with van der Waals surface area (Å²) in [6, 6.07) is 12.5. The van der Waals surface area contributed by atoms with Crippen LogP contribution in [-0.4, -0.2) is 36.4 Å². The molecule has 0 atom stereocenters. The topological polar surface area (TPSA) is 58.6 Å². The van der Waals surface area contributed by atoms with E-state index in [-0.39, 0.29) is 37.3 Å². The third kappa shape index (κ3) is 6.37. The molecule has 0 aliphatic heterocycles. The first-order chi connectivity index (χ1) is 12.5. The average molecular weight is 379 g/mol. The van der Waals surface area contributed by atoms with Crippen molar-refractivity contribution in [2.45, 2.75) is 13.5 Å². The molecule has 5 nitrogen and oxygen atoms in total. The molecule has 0 spiro atoms. The fourth-order valence-electron chi connectivity index (χ4n) is 2.18. The summed E-state index contributed by atoms with van der Waals surface area (Å²) in [7, 11) is 0. The van der Waals surface area contributed by atoms with Gasteiger partial charge in [-0.3, -0.25) is 9.59 Å². The van der Waals surface area contributed by atoms with E-state index in [9.17, 15) is 14.0 Å². The molecule has 0 radical (unpaired) electrons. The number of hydrogen-bond acceptors (Lipinski definition) is 3. The minimum Gasteiger partial charge on any atom is -0.484 e. The fraction of sp³-hybridized carbons (Fsp3) is 0.263. The van der Waals surface area contributed by atoms with Gasteiger partial charge < -0.3 is 15.0 Å². The summed E-state index contributed by atoms with van der Waals surface area (Å²) in [6.45, 7) is 2.20. The number of nitrogens with one attached hydrogen (secondary N) is 1. The number of rotatable bonds is 8. The largest absolute Gasteiger partial charge is 0.484 e. The molecule has 0 saturated carbocycles. The van der Waals surface area contributed by atoms with Crippen LogP contribution < -0.4 is 10.1 Å². The first-order valence-electron chi connectivity index (χ1n) is 8.15. The number of halogens is 2. The van der Waals surface area contributed by atoms with Crippen molar-refractivity contribution in [3.8, 4) is 5.75 Å². The Morgan fingerprint density at radius 2 is 1.77 bits per heavy atom. The molecular weight excluding hydrogens is 359 g/mol. The van der Waals surface area contributed by atoms with E-state index in [2.05, 4.69) is 5.32 Å². The van der Waals surface area contributed by atoms with Crippen LogP contribution in [0.4, 0.5) is 4.39 Å². The molecule has 0 bridgehead atoms. The van der Waals surface area contributed by atoms with Gasteiger partial charge >= 0.3 is 0 Å². The summed E-state index contributed by atoms with van der Waals surface area (Å²) in [5.41, 5.74) is 0.778. The summed E-state index contributed by atoms with van der Waals surface area (Å²) in [6.07, 6.45) is 0. The van der Waals surface area contributed by atoms with Crippen molar-refractivity contribution in [1.82, 2.24) is 10.2 Å². The Hall–Kier alpha value is -2.60. The fourth-order valence-corrected chi connectivity index (χ4v) is 2.30. The third-order valence-corrected chi connectivity index (χ3v) is 3.90. The van der Waals surface area contributed by atoms with E-state index in [0.717, 1.165) is 5.56 Å². The standard InChI is InChI=1S/C19H20ClFN2O3/c1-2-23(19(25)13-26-17-9-5-15(20)6-10-17)12-18(24)22-11-14-3-7-16(21)8-4-14/h3-10H,2,11-13H2,1H3,(H,22,24). The lowest BCUT2D eigenvalue weighted by atomic mass is 10.2. The average Bonchev–Trinajstić information content (AvgIpc) is 2.65. The lowest BCUT2D eigenvalue weighted by Crippen LogP contribution is -2.42. The van der Waals surface area contributed by atoms with E-state index in [1.165, 1.54) is 17.0 Å². The minimum atomic E-state index is -0.330. The van der Waals surface area contributed by atoms with E-state index in [1.54, 1.807) is 43.3 Å². The van der Waals surface area contributed by atoms with Crippen molar-refractivity contribution in [1.29, 1.82) is 0 Å². The number of ether oxygens (including phenoxy) is 1. The molecule has 0 unspecified atom stereocenters. The van der Waals surface area contributed by atoms with Gasteiger partial charge in [-0.05, 0) is 48.9 Å². The molecule has 0 saturated heterocycles. The number of carbonyl (C=O) groups is 2. The van der Waals surface area contributed by atoms with Crippen LogP contribution >= 0.6 is 11.6 Å². The number of amides is 2. The van der Waals surface area contributed by atoms with E-state index < -0.39 is 0 Å².